The number of rotatable bonds is 4. The number of aromatic nitrogens is 1. The first-order chi connectivity index (χ1) is 12.7. The van der Waals surface area contributed by atoms with E-state index < -0.39 is 0 Å². The van der Waals surface area contributed by atoms with Crippen LogP contribution in [0.15, 0.2) is 72.8 Å². The van der Waals surface area contributed by atoms with Crippen LogP contribution >= 0.6 is 11.6 Å². The summed E-state index contributed by atoms with van der Waals surface area (Å²) in [6, 6.07) is 16.4. The third kappa shape index (κ3) is 3.32. The molecule has 0 spiro atoms. The van der Waals surface area contributed by atoms with Gasteiger partial charge in [0.25, 0.3) is 0 Å². The van der Waals surface area contributed by atoms with Crippen molar-refractivity contribution in [2.45, 2.75) is 6.61 Å². The molecule has 0 unspecified atom stereocenters. The lowest BCUT2D eigenvalue weighted by Gasteiger charge is -2.08. The quantitative estimate of drug-likeness (QED) is 0.617. The maximum atomic E-state index is 12.5. The number of carbonyl (C=O) groups excluding carboxylic acids is 1. The van der Waals surface area contributed by atoms with E-state index >= 15 is 0 Å². The summed E-state index contributed by atoms with van der Waals surface area (Å²) >= 11 is 6.14. The van der Waals surface area contributed by atoms with Gasteiger partial charge in [0, 0.05) is 29.0 Å². The van der Waals surface area contributed by atoms with Gasteiger partial charge in [-0.1, -0.05) is 35.9 Å². The van der Waals surface area contributed by atoms with Crippen LogP contribution in [0.5, 0.6) is 11.5 Å². The van der Waals surface area contributed by atoms with Gasteiger partial charge in [-0.15, -0.1) is 0 Å². The van der Waals surface area contributed by atoms with Gasteiger partial charge in [-0.05, 0) is 35.9 Å². The van der Waals surface area contributed by atoms with Gasteiger partial charge in [0.05, 0.1) is 5.56 Å². The minimum Gasteiger partial charge on any atom is -0.489 e. The first-order valence-corrected chi connectivity index (χ1v) is 8.43. The summed E-state index contributed by atoms with van der Waals surface area (Å²) in [5.74, 6) is 1.22. The third-order valence-electron chi connectivity index (χ3n) is 3.98. The summed E-state index contributed by atoms with van der Waals surface area (Å²) in [5.41, 5.74) is 2.22. The number of fused-ring (bicyclic) bond motifs is 1. The molecule has 0 amide bonds. The van der Waals surface area contributed by atoms with Crippen molar-refractivity contribution >= 4 is 23.5 Å². The van der Waals surface area contributed by atoms with E-state index in [0.717, 1.165) is 11.1 Å². The van der Waals surface area contributed by atoms with Gasteiger partial charge in [-0.3, -0.25) is 9.78 Å². The number of nitrogens with zero attached hydrogens (tertiary/aromatic N) is 1. The molecule has 0 radical (unpaired) electrons. The first-order valence-electron chi connectivity index (χ1n) is 8.05. The van der Waals surface area contributed by atoms with Crippen LogP contribution in [-0.4, -0.2) is 10.8 Å². The highest BCUT2D eigenvalue weighted by molar-refractivity contribution is 6.31. The Balaban J connectivity index is 1.53. The topological polar surface area (TPSA) is 48.4 Å². The van der Waals surface area contributed by atoms with Gasteiger partial charge >= 0.3 is 0 Å². The van der Waals surface area contributed by atoms with Gasteiger partial charge in [-0.25, -0.2) is 0 Å². The molecule has 4 rings (SSSR count). The van der Waals surface area contributed by atoms with Crippen LogP contribution < -0.4 is 9.47 Å². The summed E-state index contributed by atoms with van der Waals surface area (Å²) in [6.45, 7) is 0.338. The molecule has 0 fully saturated rings. The maximum absolute atomic E-state index is 12.5. The summed E-state index contributed by atoms with van der Waals surface area (Å²) in [6.07, 6.45) is 5.03. The zero-order chi connectivity index (χ0) is 17.9. The molecular weight excluding hydrogens is 350 g/mol. The van der Waals surface area contributed by atoms with Crippen LogP contribution in [0.2, 0.25) is 5.02 Å². The maximum Gasteiger partial charge on any atom is 0.231 e. The van der Waals surface area contributed by atoms with Crippen LogP contribution in [0.25, 0.3) is 6.08 Å². The van der Waals surface area contributed by atoms with Crippen molar-refractivity contribution in [3.05, 3.63) is 94.5 Å². The number of pyridine rings is 1. The number of allylic oxidation sites excluding steroid dienone is 1. The third-order valence-corrected chi connectivity index (χ3v) is 4.34. The lowest BCUT2D eigenvalue weighted by Crippen LogP contribution is -1.98. The van der Waals surface area contributed by atoms with Gasteiger partial charge in [0.15, 0.2) is 5.76 Å². The molecule has 128 valence electrons. The number of hydrogen-bond donors (Lipinski definition) is 0. The lowest BCUT2D eigenvalue weighted by molar-refractivity contribution is 0.101. The van der Waals surface area contributed by atoms with Gasteiger partial charge in [-0.2, -0.15) is 0 Å². The first kappa shape index (κ1) is 16.4. The standard InChI is InChI=1S/C21H14ClNO3/c22-18-6-2-1-5-15(18)13-25-16-7-8-17-19(11-16)26-20(21(17)24)10-14-4-3-9-23-12-14/h1-12H,13H2. The zero-order valence-corrected chi connectivity index (χ0v) is 14.4. The Kier molecular flexibility index (Phi) is 4.42. The Morgan fingerprint density at radius 2 is 2.00 bits per heavy atom. The Labute approximate surface area is 155 Å². The Morgan fingerprint density at radius 1 is 1.12 bits per heavy atom. The minimum atomic E-state index is -0.151. The van der Waals surface area contributed by atoms with E-state index in [0.29, 0.717) is 28.7 Å². The fourth-order valence-electron chi connectivity index (χ4n) is 2.65. The number of halogens is 1. The summed E-state index contributed by atoms with van der Waals surface area (Å²) in [5, 5.41) is 0.654. The molecule has 0 atom stereocenters. The van der Waals surface area contributed by atoms with E-state index in [4.69, 9.17) is 21.1 Å². The van der Waals surface area contributed by atoms with E-state index in [2.05, 4.69) is 4.98 Å². The fourth-order valence-corrected chi connectivity index (χ4v) is 2.84. The van der Waals surface area contributed by atoms with Crippen LogP contribution in [0.1, 0.15) is 21.5 Å². The summed E-state index contributed by atoms with van der Waals surface area (Å²) in [4.78, 5) is 16.5. The smallest absolute Gasteiger partial charge is 0.231 e. The van der Waals surface area contributed by atoms with Crippen LogP contribution in [-0.2, 0) is 6.61 Å². The highest BCUT2D eigenvalue weighted by Crippen LogP contribution is 2.35. The molecule has 0 saturated carbocycles. The molecule has 26 heavy (non-hydrogen) atoms. The summed E-state index contributed by atoms with van der Waals surface area (Å²) in [7, 11) is 0. The normalized spacial score (nSPS) is 14.2. The van der Waals surface area contributed by atoms with Gasteiger partial charge in [0.2, 0.25) is 5.78 Å². The molecular formula is C21H14ClNO3. The molecule has 0 N–H and O–H groups in total. The van der Waals surface area contributed by atoms with Crippen molar-refractivity contribution in [2.75, 3.05) is 0 Å². The number of benzene rings is 2. The highest BCUT2D eigenvalue weighted by Gasteiger charge is 2.27. The molecule has 3 aromatic rings. The fraction of sp³-hybridized carbons (Fsp3) is 0.0476. The summed E-state index contributed by atoms with van der Waals surface area (Å²) < 4.78 is 11.5. The molecule has 0 aliphatic carbocycles. The largest absolute Gasteiger partial charge is 0.489 e. The zero-order valence-electron chi connectivity index (χ0n) is 13.7. The van der Waals surface area contributed by atoms with Crippen molar-refractivity contribution in [1.82, 2.24) is 4.98 Å². The molecule has 0 bridgehead atoms. The molecule has 5 heteroatoms. The van der Waals surface area contributed by atoms with E-state index in [9.17, 15) is 4.79 Å². The molecule has 1 aliphatic heterocycles. The SMILES string of the molecule is O=C1C(=Cc2cccnc2)Oc2cc(OCc3ccccc3Cl)ccc21. The second-order valence-corrected chi connectivity index (χ2v) is 6.17. The number of hydrogen-bond acceptors (Lipinski definition) is 4. The van der Waals surface area contributed by atoms with Crippen molar-refractivity contribution in [3.63, 3.8) is 0 Å². The lowest BCUT2D eigenvalue weighted by atomic mass is 10.1. The van der Waals surface area contributed by atoms with Crippen LogP contribution in [0.4, 0.5) is 0 Å². The Hall–Kier alpha value is -3.11. The second-order valence-electron chi connectivity index (χ2n) is 5.76. The molecule has 1 aliphatic rings. The van der Waals surface area contributed by atoms with Crippen molar-refractivity contribution < 1.29 is 14.3 Å². The number of Topliss-reactive ketones (excluding diaryl/α,β-unsaturated/α-hetero) is 1. The molecule has 0 saturated heterocycles. The van der Waals surface area contributed by atoms with E-state index in [-0.39, 0.29) is 11.5 Å². The molecule has 2 aromatic carbocycles. The van der Waals surface area contributed by atoms with E-state index in [1.165, 1.54) is 0 Å². The van der Waals surface area contributed by atoms with Crippen LogP contribution in [0.3, 0.4) is 0 Å². The predicted molar refractivity (Wildman–Crippen MR) is 99.4 cm³/mol. The number of carbonyl (C=O) groups is 1. The van der Waals surface area contributed by atoms with Crippen molar-refractivity contribution in [3.8, 4) is 11.5 Å². The van der Waals surface area contributed by atoms with E-state index in [1.54, 1.807) is 42.7 Å². The number of ether oxygens (including phenoxy) is 2. The molecule has 1 aromatic heterocycles. The number of ketones is 1. The van der Waals surface area contributed by atoms with Gasteiger partial charge < -0.3 is 9.47 Å². The minimum absolute atomic E-state index is 0.151. The Morgan fingerprint density at radius 3 is 2.81 bits per heavy atom. The van der Waals surface area contributed by atoms with Crippen LogP contribution in [0, 0.1) is 0 Å². The van der Waals surface area contributed by atoms with Gasteiger partial charge in [0.1, 0.15) is 18.1 Å². The predicted octanol–water partition coefficient (Wildman–Crippen LogP) is 4.93. The monoisotopic (exact) mass is 363 g/mol. The van der Waals surface area contributed by atoms with Crippen molar-refractivity contribution in [1.29, 1.82) is 0 Å². The average molecular weight is 364 g/mol. The Bertz CT molecular complexity index is 999. The van der Waals surface area contributed by atoms with E-state index in [1.807, 2.05) is 30.3 Å². The highest BCUT2D eigenvalue weighted by atomic mass is 35.5. The molecule has 2 heterocycles. The molecule has 4 nitrogen and oxygen atoms in total. The average Bonchev–Trinajstić information content (AvgIpc) is 2.97. The van der Waals surface area contributed by atoms with Crippen molar-refractivity contribution in [2.24, 2.45) is 0 Å². The second kappa shape index (κ2) is 7.02.